The van der Waals surface area contributed by atoms with Crippen LogP contribution in [0.3, 0.4) is 0 Å². The van der Waals surface area contributed by atoms with Crippen molar-refractivity contribution in [2.45, 2.75) is 79.9 Å². The maximum atomic E-state index is 6.44. The highest BCUT2D eigenvalue weighted by atomic mass is 16.5. The lowest BCUT2D eigenvalue weighted by Crippen LogP contribution is -2.49. The normalized spacial score (nSPS) is 23.1. The Hall–Kier alpha value is -0.160. The number of ether oxygens (including phenoxy) is 1. The number of hydrogen-bond donors (Lipinski definition) is 0. The van der Waals surface area contributed by atoms with Crippen molar-refractivity contribution >= 4 is 0 Å². The standard InChI is InChI=1S/C18H37N3O.2C2H6/c1-17(2,15-21-11-9-19(5)10-12-21)14-18(3,4)22-16-7-8-20(6)13-16;2*1-2/h16H,7-15H2,1-6H3;2*1-2H3. The minimum Gasteiger partial charge on any atom is -0.371 e. The molecule has 1 unspecified atom stereocenters. The van der Waals surface area contributed by atoms with Crippen LogP contribution in [0.4, 0.5) is 0 Å². The van der Waals surface area contributed by atoms with Gasteiger partial charge in [-0.2, -0.15) is 0 Å². The van der Waals surface area contributed by atoms with Gasteiger partial charge in [0, 0.05) is 45.8 Å². The van der Waals surface area contributed by atoms with E-state index in [1.54, 1.807) is 0 Å². The van der Waals surface area contributed by atoms with E-state index in [9.17, 15) is 0 Å². The Kier molecular flexibility index (Phi) is 12.3. The third-order valence-electron chi connectivity index (χ3n) is 4.99. The predicted octanol–water partition coefficient (Wildman–Crippen LogP) is 4.20. The van der Waals surface area contributed by atoms with Gasteiger partial charge in [0.15, 0.2) is 0 Å². The number of rotatable bonds is 6. The quantitative estimate of drug-likeness (QED) is 0.696. The zero-order valence-electron chi connectivity index (χ0n) is 19.7. The maximum Gasteiger partial charge on any atom is 0.0721 e. The summed E-state index contributed by atoms with van der Waals surface area (Å²) < 4.78 is 6.44. The van der Waals surface area contributed by atoms with Gasteiger partial charge in [0.05, 0.1) is 11.7 Å². The first-order chi connectivity index (χ1) is 12.2. The van der Waals surface area contributed by atoms with Gasteiger partial charge in [0.25, 0.3) is 0 Å². The summed E-state index contributed by atoms with van der Waals surface area (Å²) in [6.45, 7) is 25.6. The zero-order chi connectivity index (χ0) is 20.4. The molecule has 0 aromatic heterocycles. The van der Waals surface area contributed by atoms with Crippen LogP contribution in [0.15, 0.2) is 0 Å². The zero-order valence-corrected chi connectivity index (χ0v) is 19.7. The smallest absolute Gasteiger partial charge is 0.0721 e. The largest absolute Gasteiger partial charge is 0.371 e. The van der Waals surface area contributed by atoms with Crippen LogP contribution in [-0.4, -0.2) is 86.3 Å². The van der Waals surface area contributed by atoms with Gasteiger partial charge in [-0.1, -0.05) is 41.5 Å². The molecule has 0 aliphatic carbocycles. The minimum atomic E-state index is -0.0358. The van der Waals surface area contributed by atoms with Crippen molar-refractivity contribution in [2.24, 2.45) is 5.41 Å². The Bertz CT molecular complexity index is 349. The average molecular weight is 372 g/mol. The molecule has 4 heteroatoms. The molecule has 2 aliphatic rings. The second-order valence-electron chi connectivity index (χ2n) is 8.97. The van der Waals surface area contributed by atoms with Crippen LogP contribution < -0.4 is 0 Å². The van der Waals surface area contributed by atoms with Gasteiger partial charge in [0.2, 0.25) is 0 Å². The third kappa shape index (κ3) is 10.2. The van der Waals surface area contributed by atoms with Gasteiger partial charge in [-0.3, -0.25) is 0 Å². The third-order valence-corrected chi connectivity index (χ3v) is 4.99. The van der Waals surface area contributed by atoms with Crippen LogP contribution in [-0.2, 0) is 4.74 Å². The summed E-state index contributed by atoms with van der Waals surface area (Å²) >= 11 is 0. The fourth-order valence-corrected chi connectivity index (χ4v) is 4.30. The lowest BCUT2D eigenvalue weighted by molar-refractivity contribution is -0.0904. The van der Waals surface area contributed by atoms with Crippen LogP contribution in [0.2, 0.25) is 0 Å². The highest BCUT2D eigenvalue weighted by Crippen LogP contribution is 2.33. The number of piperazine rings is 1. The van der Waals surface area contributed by atoms with E-state index in [0.29, 0.717) is 11.5 Å². The number of hydrogen-bond acceptors (Lipinski definition) is 4. The molecule has 2 aliphatic heterocycles. The molecular formula is C22H49N3O. The monoisotopic (exact) mass is 371 g/mol. The molecule has 1 atom stereocenters. The van der Waals surface area contributed by atoms with Crippen molar-refractivity contribution < 1.29 is 4.74 Å². The van der Waals surface area contributed by atoms with Gasteiger partial charge in [-0.15, -0.1) is 0 Å². The van der Waals surface area contributed by atoms with E-state index in [1.807, 2.05) is 27.7 Å². The van der Waals surface area contributed by atoms with Crippen molar-refractivity contribution in [1.82, 2.24) is 14.7 Å². The number of nitrogens with zero attached hydrogens (tertiary/aromatic N) is 3. The van der Waals surface area contributed by atoms with Crippen LogP contribution >= 0.6 is 0 Å². The van der Waals surface area contributed by atoms with Crippen LogP contribution in [0.25, 0.3) is 0 Å². The van der Waals surface area contributed by atoms with Gasteiger partial charge < -0.3 is 19.4 Å². The molecule has 0 N–H and O–H groups in total. The Morgan fingerprint density at radius 1 is 0.808 bits per heavy atom. The van der Waals surface area contributed by atoms with Crippen molar-refractivity contribution in [3.05, 3.63) is 0 Å². The van der Waals surface area contributed by atoms with Gasteiger partial charge in [0.1, 0.15) is 0 Å². The molecule has 0 aromatic carbocycles. The molecule has 26 heavy (non-hydrogen) atoms. The van der Waals surface area contributed by atoms with E-state index < -0.39 is 0 Å². The van der Waals surface area contributed by atoms with E-state index in [4.69, 9.17) is 4.74 Å². The first kappa shape index (κ1) is 25.8. The van der Waals surface area contributed by atoms with Gasteiger partial charge >= 0.3 is 0 Å². The summed E-state index contributed by atoms with van der Waals surface area (Å²) in [5.41, 5.74) is 0.260. The van der Waals surface area contributed by atoms with Crippen molar-refractivity contribution in [2.75, 3.05) is 59.9 Å². The van der Waals surface area contributed by atoms with Crippen molar-refractivity contribution in [3.8, 4) is 0 Å². The number of likely N-dealkylation sites (N-methyl/N-ethyl adjacent to an activating group) is 2. The SMILES string of the molecule is CC.CC.CN1CCN(CC(C)(C)CC(C)(C)OC2CCN(C)C2)CC1. The summed E-state index contributed by atoms with van der Waals surface area (Å²) in [7, 11) is 4.41. The fourth-order valence-electron chi connectivity index (χ4n) is 4.30. The summed E-state index contributed by atoms with van der Waals surface area (Å²) in [5, 5.41) is 0. The average Bonchev–Trinajstić information content (AvgIpc) is 2.96. The maximum absolute atomic E-state index is 6.44. The summed E-state index contributed by atoms with van der Waals surface area (Å²) in [5.74, 6) is 0. The molecule has 4 nitrogen and oxygen atoms in total. The topological polar surface area (TPSA) is 19.0 Å². The molecule has 2 saturated heterocycles. The Labute approximate surface area is 165 Å². The van der Waals surface area contributed by atoms with Crippen molar-refractivity contribution in [3.63, 3.8) is 0 Å². The predicted molar refractivity (Wildman–Crippen MR) is 116 cm³/mol. The van der Waals surface area contributed by atoms with E-state index in [2.05, 4.69) is 56.5 Å². The summed E-state index contributed by atoms with van der Waals surface area (Å²) in [4.78, 5) is 7.42. The molecule has 158 valence electrons. The number of likely N-dealkylation sites (tertiary alicyclic amines) is 1. The van der Waals surface area contributed by atoms with E-state index >= 15 is 0 Å². The first-order valence-corrected chi connectivity index (χ1v) is 10.9. The molecule has 2 fully saturated rings. The van der Waals surface area contributed by atoms with Crippen molar-refractivity contribution in [1.29, 1.82) is 0 Å². The fraction of sp³-hybridized carbons (Fsp3) is 1.00. The highest BCUT2D eigenvalue weighted by molar-refractivity contribution is 4.86. The molecule has 0 radical (unpaired) electrons. The second kappa shape index (κ2) is 12.3. The van der Waals surface area contributed by atoms with E-state index in [1.165, 1.54) is 45.7 Å². The van der Waals surface area contributed by atoms with Crippen LogP contribution in [0, 0.1) is 5.41 Å². The van der Waals surface area contributed by atoms with Gasteiger partial charge in [-0.05, 0) is 46.2 Å². The second-order valence-corrected chi connectivity index (χ2v) is 8.97. The molecule has 2 heterocycles. The Balaban J connectivity index is 0.00000146. The minimum absolute atomic E-state index is 0.0358. The van der Waals surface area contributed by atoms with E-state index in [-0.39, 0.29) is 5.60 Å². The first-order valence-electron chi connectivity index (χ1n) is 10.9. The lowest BCUT2D eigenvalue weighted by atomic mass is 9.81. The van der Waals surface area contributed by atoms with E-state index in [0.717, 1.165) is 13.0 Å². The van der Waals surface area contributed by atoms with Crippen LogP contribution in [0.1, 0.15) is 68.2 Å². The Morgan fingerprint density at radius 2 is 1.35 bits per heavy atom. The summed E-state index contributed by atoms with van der Waals surface area (Å²) in [6.07, 6.45) is 2.71. The Morgan fingerprint density at radius 3 is 1.81 bits per heavy atom. The molecule has 0 saturated carbocycles. The molecule has 0 spiro atoms. The highest BCUT2D eigenvalue weighted by Gasteiger charge is 2.34. The lowest BCUT2D eigenvalue weighted by Gasteiger charge is -2.41. The summed E-state index contributed by atoms with van der Waals surface area (Å²) in [6, 6.07) is 0. The molecular weight excluding hydrogens is 322 g/mol. The van der Waals surface area contributed by atoms with Crippen LogP contribution in [0.5, 0.6) is 0 Å². The molecule has 0 aromatic rings. The van der Waals surface area contributed by atoms with Gasteiger partial charge in [-0.25, -0.2) is 0 Å². The molecule has 0 bridgehead atoms. The molecule has 0 amide bonds. The molecule has 2 rings (SSSR count).